The van der Waals surface area contributed by atoms with Crippen molar-refractivity contribution in [3.8, 4) is 17.6 Å². The molecule has 0 amide bonds. The van der Waals surface area contributed by atoms with Gasteiger partial charge in [0.25, 0.3) is 0 Å². The highest BCUT2D eigenvalue weighted by molar-refractivity contribution is 6.31. The van der Waals surface area contributed by atoms with E-state index in [1.54, 1.807) is 6.07 Å². The van der Waals surface area contributed by atoms with Gasteiger partial charge in [-0.25, -0.2) is 0 Å². The van der Waals surface area contributed by atoms with Crippen molar-refractivity contribution >= 4 is 36.4 Å². The predicted molar refractivity (Wildman–Crippen MR) is 89.5 cm³/mol. The summed E-state index contributed by atoms with van der Waals surface area (Å²) in [7, 11) is 0. The predicted octanol–water partition coefficient (Wildman–Crippen LogP) is 2.77. The van der Waals surface area contributed by atoms with Crippen LogP contribution in [0, 0.1) is 11.3 Å². The molecule has 2 aliphatic rings. The number of nitrogens with zero attached hydrogens (tertiary/aromatic N) is 2. The Bertz CT molecular complexity index is 545. The third-order valence-corrected chi connectivity index (χ3v) is 4.06. The van der Waals surface area contributed by atoms with Crippen LogP contribution in [0.3, 0.4) is 0 Å². The molecule has 5 nitrogen and oxygen atoms in total. The molecule has 1 atom stereocenters. The first-order valence-corrected chi connectivity index (χ1v) is 7.08. The van der Waals surface area contributed by atoms with Gasteiger partial charge < -0.3 is 14.8 Å². The van der Waals surface area contributed by atoms with Crippen molar-refractivity contribution in [3.63, 3.8) is 0 Å². The number of nitrogens with one attached hydrogen (secondary N) is 1. The molecule has 1 aromatic carbocycles. The van der Waals surface area contributed by atoms with Crippen LogP contribution in [0.25, 0.3) is 0 Å². The summed E-state index contributed by atoms with van der Waals surface area (Å²) >= 11 is 6.37. The van der Waals surface area contributed by atoms with Gasteiger partial charge in [-0.05, 0) is 11.6 Å². The minimum absolute atomic E-state index is 0. The number of halogens is 3. The average Bonchev–Trinajstić information content (AvgIpc) is 2.92. The van der Waals surface area contributed by atoms with Crippen molar-refractivity contribution in [1.82, 2.24) is 10.2 Å². The molecule has 1 N–H and O–H groups in total. The van der Waals surface area contributed by atoms with Crippen LogP contribution in [-0.2, 0) is 0 Å². The zero-order valence-electron chi connectivity index (χ0n) is 11.9. The maximum absolute atomic E-state index is 9.12. The maximum Gasteiger partial charge on any atom is 0.231 e. The third kappa shape index (κ3) is 3.89. The monoisotopic (exact) mass is 365 g/mol. The Balaban J connectivity index is 0.00000121. The summed E-state index contributed by atoms with van der Waals surface area (Å²) in [6, 6.07) is 5.96. The van der Waals surface area contributed by atoms with Crippen LogP contribution in [-0.4, -0.2) is 37.9 Å². The average molecular weight is 367 g/mol. The third-order valence-electron chi connectivity index (χ3n) is 3.73. The van der Waals surface area contributed by atoms with Crippen LogP contribution in [0.4, 0.5) is 0 Å². The Labute approximate surface area is 147 Å². The van der Waals surface area contributed by atoms with Crippen molar-refractivity contribution in [1.29, 1.82) is 5.26 Å². The highest BCUT2D eigenvalue weighted by Crippen LogP contribution is 2.41. The molecule has 0 aliphatic carbocycles. The summed E-state index contributed by atoms with van der Waals surface area (Å²) in [4.78, 5) is 2.29. The molecule has 0 bridgehead atoms. The van der Waals surface area contributed by atoms with Crippen molar-refractivity contribution in [3.05, 3.63) is 22.7 Å². The number of piperazine rings is 1. The molecule has 3 rings (SSSR count). The summed E-state index contributed by atoms with van der Waals surface area (Å²) in [6.45, 7) is 3.92. The lowest BCUT2D eigenvalue weighted by Crippen LogP contribution is -2.45. The lowest BCUT2D eigenvalue weighted by molar-refractivity contribution is 0.171. The molecule has 22 heavy (non-hydrogen) atoms. The van der Waals surface area contributed by atoms with Gasteiger partial charge in [0.05, 0.1) is 12.5 Å². The second-order valence-corrected chi connectivity index (χ2v) is 5.30. The van der Waals surface area contributed by atoms with Crippen molar-refractivity contribution in [2.24, 2.45) is 0 Å². The Kier molecular flexibility index (Phi) is 7.54. The molecule has 0 spiro atoms. The first-order chi connectivity index (χ1) is 9.79. The molecule has 0 radical (unpaired) electrons. The number of ether oxygens (including phenoxy) is 2. The molecule has 2 heterocycles. The van der Waals surface area contributed by atoms with Gasteiger partial charge >= 0.3 is 0 Å². The lowest BCUT2D eigenvalue weighted by atomic mass is 10.0. The summed E-state index contributed by atoms with van der Waals surface area (Å²) in [5.41, 5.74) is 0.944. The highest BCUT2D eigenvalue weighted by atomic mass is 35.5. The van der Waals surface area contributed by atoms with Gasteiger partial charge in [0.15, 0.2) is 11.5 Å². The Morgan fingerprint density at radius 3 is 2.50 bits per heavy atom. The summed E-state index contributed by atoms with van der Waals surface area (Å²) < 4.78 is 10.7. The second kappa shape index (κ2) is 8.66. The van der Waals surface area contributed by atoms with Gasteiger partial charge in [0.1, 0.15) is 0 Å². The van der Waals surface area contributed by atoms with E-state index < -0.39 is 0 Å². The van der Waals surface area contributed by atoms with Gasteiger partial charge in [-0.3, -0.25) is 4.90 Å². The Morgan fingerprint density at radius 1 is 1.23 bits per heavy atom. The number of hydrogen-bond acceptors (Lipinski definition) is 5. The zero-order valence-corrected chi connectivity index (χ0v) is 14.3. The fraction of sp³-hybridized carbons (Fsp3) is 0.500. The normalized spacial score (nSPS) is 17.8. The topological polar surface area (TPSA) is 57.5 Å². The van der Waals surface area contributed by atoms with Gasteiger partial charge in [-0.15, -0.1) is 24.8 Å². The van der Waals surface area contributed by atoms with E-state index in [2.05, 4.69) is 16.3 Å². The van der Waals surface area contributed by atoms with Crippen molar-refractivity contribution in [2.45, 2.75) is 12.5 Å². The van der Waals surface area contributed by atoms with E-state index >= 15 is 0 Å². The molecule has 8 heteroatoms. The summed E-state index contributed by atoms with van der Waals surface area (Å²) in [5, 5.41) is 13.1. The van der Waals surface area contributed by atoms with Gasteiger partial charge in [0, 0.05) is 43.3 Å². The van der Waals surface area contributed by atoms with Gasteiger partial charge in [-0.1, -0.05) is 11.6 Å². The van der Waals surface area contributed by atoms with E-state index in [1.165, 1.54) is 0 Å². The minimum Gasteiger partial charge on any atom is -0.454 e. The van der Waals surface area contributed by atoms with Crippen LogP contribution in [0.5, 0.6) is 11.5 Å². The van der Waals surface area contributed by atoms with Crippen LogP contribution in [0.15, 0.2) is 12.1 Å². The van der Waals surface area contributed by atoms with Gasteiger partial charge in [0.2, 0.25) is 6.79 Å². The molecular formula is C14H18Cl3N3O2. The van der Waals surface area contributed by atoms with Crippen LogP contribution in [0.2, 0.25) is 5.02 Å². The number of rotatable bonds is 3. The Hall–Kier alpha value is -0.900. The number of fused-ring (bicyclic) bond motifs is 1. The number of hydrogen-bond donors (Lipinski definition) is 1. The quantitative estimate of drug-likeness (QED) is 0.891. The molecule has 1 saturated heterocycles. The molecular weight excluding hydrogens is 349 g/mol. The van der Waals surface area contributed by atoms with Crippen LogP contribution >= 0.6 is 36.4 Å². The Morgan fingerprint density at radius 2 is 1.86 bits per heavy atom. The minimum atomic E-state index is 0. The summed E-state index contributed by atoms with van der Waals surface area (Å²) in [6.07, 6.45) is 0.416. The van der Waals surface area contributed by atoms with Crippen molar-refractivity contribution < 1.29 is 9.47 Å². The highest BCUT2D eigenvalue weighted by Gasteiger charge is 2.26. The SMILES string of the molecule is Cl.Cl.N#CC[C@@H](c1cc2c(cc1Cl)OCO2)N1CCNCC1. The van der Waals surface area contributed by atoms with E-state index in [4.69, 9.17) is 26.3 Å². The van der Waals surface area contributed by atoms with E-state index in [0.717, 1.165) is 31.7 Å². The first kappa shape index (κ1) is 19.1. The molecule has 1 aromatic rings. The van der Waals surface area contributed by atoms with E-state index in [9.17, 15) is 0 Å². The maximum atomic E-state index is 9.12. The molecule has 2 aliphatic heterocycles. The second-order valence-electron chi connectivity index (χ2n) is 4.89. The molecule has 122 valence electrons. The molecule has 0 saturated carbocycles. The fourth-order valence-corrected chi connectivity index (χ4v) is 2.98. The van der Waals surface area contributed by atoms with Crippen LogP contribution < -0.4 is 14.8 Å². The zero-order chi connectivity index (χ0) is 13.9. The fourth-order valence-electron chi connectivity index (χ4n) is 2.70. The van der Waals surface area contributed by atoms with E-state index in [-0.39, 0.29) is 37.6 Å². The van der Waals surface area contributed by atoms with Gasteiger partial charge in [-0.2, -0.15) is 5.26 Å². The van der Waals surface area contributed by atoms with Crippen molar-refractivity contribution in [2.75, 3.05) is 33.0 Å². The summed E-state index contributed by atoms with van der Waals surface area (Å²) in [5.74, 6) is 1.39. The van der Waals surface area contributed by atoms with E-state index in [1.807, 2.05) is 6.07 Å². The lowest BCUT2D eigenvalue weighted by Gasteiger charge is -2.34. The molecule has 0 unspecified atom stereocenters. The molecule has 0 aromatic heterocycles. The number of benzene rings is 1. The largest absolute Gasteiger partial charge is 0.454 e. The van der Waals surface area contributed by atoms with Crippen LogP contribution in [0.1, 0.15) is 18.0 Å². The molecule has 1 fully saturated rings. The first-order valence-electron chi connectivity index (χ1n) is 6.70. The smallest absolute Gasteiger partial charge is 0.231 e. The van der Waals surface area contributed by atoms with E-state index in [0.29, 0.717) is 22.9 Å². The number of nitriles is 1. The standard InChI is InChI=1S/C14H16ClN3O2.2ClH/c15-11-8-14-13(19-9-20-14)7-10(11)12(1-2-16)18-5-3-17-4-6-18;;/h7-8,12,17H,1,3-6,9H2;2*1H/t12-;;/m0../s1.